The molecule has 8 heteroatoms. The number of hydrogen-bond acceptors (Lipinski definition) is 6. The van der Waals surface area contributed by atoms with E-state index in [9.17, 15) is 9.59 Å². The number of aromatic nitrogens is 2. The van der Waals surface area contributed by atoms with E-state index in [1.54, 1.807) is 31.3 Å². The number of nitrogens with zero attached hydrogens (tertiary/aromatic N) is 5. The minimum Gasteiger partial charge on any atom is -0.437 e. The van der Waals surface area contributed by atoms with Crippen LogP contribution in [0, 0.1) is 0 Å². The standard InChI is InChI=1S/C21H27N5O3/c1-16(27)24(2)12-13-25(3)19-14-22-15-20(23-19)29-18-9-7-17(8-10-18)26-11-5-4-6-21(26)28/h7-10,14-15H,4-6,11-13H2,1-3H3. The molecule has 2 aromatic rings. The number of anilines is 2. The summed E-state index contributed by atoms with van der Waals surface area (Å²) < 4.78 is 5.83. The maximum absolute atomic E-state index is 12.1. The molecule has 29 heavy (non-hydrogen) atoms. The largest absolute Gasteiger partial charge is 0.437 e. The Morgan fingerprint density at radius 2 is 1.90 bits per heavy atom. The average Bonchev–Trinajstić information content (AvgIpc) is 2.73. The zero-order valence-electron chi connectivity index (χ0n) is 17.2. The normalized spacial score (nSPS) is 13.9. The van der Waals surface area contributed by atoms with E-state index < -0.39 is 0 Å². The third-order valence-corrected chi connectivity index (χ3v) is 4.99. The SMILES string of the molecule is CC(=O)N(C)CCN(C)c1cncc(Oc2ccc(N3CCCCC3=O)cc2)n1. The van der Waals surface area contributed by atoms with Gasteiger partial charge in [0.25, 0.3) is 0 Å². The summed E-state index contributed by atoms with van der Waals surface area (Å²) in [6, 6.07) is 7.44. The molecular weight excluding hydrogens is 370 g/mol. The molecule has 1 saturated heterocycles. The summed E-state index contributed by atoms with van der Waals surface area (Å²) in [7, 11) is 3.66. The molecule has 0 N–H and O–H groups in total. The molecule has 1 aliphatic heterocycles. The van der Waals surface area contributed by atoms with Crippen LogP contribution < -0.4 is 14.5 Å². The molecule has 0 spiro atoms. The van der Waals surface area contributed by atoms with Gasteiger partial charge >= 0.3 is 0 Å². The molecule has 2 amide bonds. The van der Waals surface area contributed by atoms with Crippen LogP contribution in [0.25, 0.3) is 0 Å². The molecule has 1 aliphatic rings. The van der Waals surface area contributed by atoms with Crippen molar-refractivity contribution in [3.8, 4) is 11.6 Å². The summed E-state index contributed by atoms with van der Waals surface area (Å²) in [6.45, 7) is 3.53. The molecule has 8 nitrogen and oxygen atoms in total. The fourth-order valence-electron chi connectivity index (χ4n) is 3.04. The Bertz CT molecular complexity index is 856. The molecular formula is C21H27N5O3. The molecule has 1 fully saturated rings. The summed E-state index contributed by atoms with van der Waals surface area (Å²) in [5.41, 5.74) is 0.885. The number of ether oxygens (including phenoxy) is 1. The third-order valence-electron chi connectivity index (χ3n) is 4.99. The summed E-state index contributed by atoms with van der Waals surface area (Å²) in [5, 5.41) is 0. The van der Waals surface area contributed by atoms with Gasteiger partial charge in [0.05, 0.1) is 12.4 Å². The van der Waals surface area contributed by atoms with Gasteiger partial charge in [-0.3, -0.25) is 14.6 Å². The lowest BCUT2D eigenvalue weighted by atomic mass is 10.1. The number of rotatable bonds is 7. The number of amides is 2. The maximum atomic E-state index is 12.1. The van der Waals surface area contributed by atoms with Crippen molar-refractivity contribution >= 4 is 23.3 Å². The Labute approximate surface area is 171 Å². The van der Waals surface area contributed by atoms with Gasteiger partial charge in [0.1, 0.15) is 5.75 Å². The summed E-state index contributed by atoms with van der Waals surface area (Å²) >= 11 is 0. The van der Waals surface area contributed by atoms with Crippen molar-refractivity contribution in [1.29, 1.82) is 0 Å². The molecule has 0 saturated carbocycles. The van der Waals surface area contributed by atoms with Crippen molar-refractivity contribution < 1.29 is 14.3 Å². The second-order valence-electron chi connectivity index (χ2n) is 7.18. The first kappa shape index (κ1) is 20.6. The second-order valence-corrected chi connectivity index (χ2v) is 7.18. The Kier molecular flexibility index (Phi) is 6.64. The molecule has 0 atom stereocenters. The smallest absolute Gasteiger partial charge is 0.239 e. The van der Waals surface area contributed by atoms with Gasteiger partial charge in [0.15, 0.2) is 5.82 Å². The number of benzene rings is 1. The van der Waals surface area contributed by atoms with E-state index >= 15 is 0 Å². The second kappa shape index (κ2) is 9.36. The Balaban J connectivity index is 1.62. The highest BCUT2D eigenvalue weighted by molar-refractivity contribution is 5.94. The number of piperidine rings is 1. The number of carbonyl (C=O) groups is 2. The van der Waals surface area contributed by atoms with Crippen LogP contribution >= 0.6 is 0 Å². The molecule has 154 valence electrons. The number of hydrogen-bond donors (Lipinski definition) is 0. The first-order valence-corrected chi connectivity index (χ1v) is 9.77. The highest BCUT2D eigenvalue weighted by atomic mass is 16.5. The quantitative estimate of drug-likeness (QED) is 0.715. The van der Waals surface area contributed by atoms with Crippen LogP contribution in [0.1, 0.15) is 26.2 Å². The molecule has 0 radical (unpaired) electrons. The third kappa shape index (κ3) is 5.43. The predicted octanol–water partition coefficient (Wildman–Crippen LogP) is 2.70. The van der Waals surface area contributed by atoms with Crippen molar-refractivity contribution in [1.82, 2.24) is 14.9 Å². The lowest BCUT2D eigenvalue weighted by Crippen LogP contribution is -2.35. The van der Waals surface area contributed by atoms with E-state index in [1.807, 2.05) is 41.1 Å². The average molecular weight is 397 g/mol. The first-order chi connectivity index (χ1) is 13.9. The van der Waals surface area contributed by atoms with E-state index in [-0.39, 0.29) is 11.8 Å². The fourth-order valence-corrected chi connectivity index (χ4v) is 3.04. The van der Waals surface area contributed by atoms with Crippen LogP contribution in [0.2, 0.25) is 0 Å². The summed E-state index contributed by atoms with van der Waals surface area (Å²) in [6.07, 6.45) is 5.82. The minimum atomic E-state index is 0.0243. The van der Waals surface area contributed by atoms with Crippen LogP contribution in [-0.2, 0) is 9.59 Å². The molecule has 1 aromatic carbocycles. The highest BCUT2D eigenvalue weighted by Crippen LogP contribution is 2.26. The van der Waals surface area contributed by atoms with Gasteiger partial charge < -0.3 is 19.4 Å². The van der Waals surface area contributed by atoms with Gasteiger partial charge in [-0.15, -0.1) is 0 Å². The Morgan fingerprint density at radius 1 is 1.14 bits per heavy atom. The predicted molar refractivity (Wildman–Crippen MR) is 111 cm³/mol. The van der Waals surface area contributed by atoms with Crippen molar-refractivity contribution in [2.75, 3.05) is 43.5 Å². The summed E-state index contributed by atoms with van der Waals surface area (Å²) in [4.78, 5) is 37.5. The van der Waals surface area contributed by atoms with Crippen molar-refractivity contribution in [3.05, 3.63) is 36.7 Å². The minimum absolute atomic E-state index is 0.0243. The zero-order valence-corrected chi connectivity index (χ0v) is 17.2. The monoisotopic (exact) mass is 397 g/mol. The zero-order chi connectivity index (χ0) is 20.8. The van der Waals surface area contributed by atoms with Gasteiger partial charge in [0, 0.05) is 52.8 Å². The molecule has 0 unspecified atom stereocenters. The van der Waals surface area contributed by atoms with Crippen LogP contribution in [-0.4, -0.2) is 60.4 Å². The van der Waals surface area contributed by atoms with E-state index in [0.717, 1.165) is 25.1 Å². The molecule has 0 bridgehead atoms. The maximum Gasteiger partial charge on any atom is 0.239 e. The first-order valence-electron chi connectivity index (χ1n) is 9.77. The van der Waals surface area contributed by atoms with Gasteiger partial charge in [-0.2, -0.15) is 4.98 Å². The van der Waals surface area contributed by atoms with Gasteiger partial charge in [-0.05, 0) is 37.1 Å². The van der Waals surface area contributed by atoms with Crippen LogP contribution in [0.3, 0.4) is 0 Å². The van der Waals surface area contributed by atoms with Crippen molar-refractivity contribution in [3.63, 3.8) is 0 Å². The topological polar surface area (TPSA) is 78.9 Å². The summed E-state index contributed by atoms with van der Waals surface area (Å²) in [5.74, 6) is 1.87. The Morgan fingerprint density at radius 3 is 2.59 bits per heavy atom. The van der Waals surface area contributed by atoms with Crippen molar-refractivity contribution in [2.24, 2.45) is 0 Å². The highest BCUT2D eigenvalue weighted by Gasteiger charge is 2.19. The van der Waals surface area contributed by atoms with Crippen LogP contribution in [0.4, 0.5) is 11.5 Å². The van der Waals surface area contributed by atoms with Gasteiger partial charge in [-0.25, -0.2) is 0 Å². The number of likely N-dealkylation sites (N-methyl/N-ethyl adjacent to an activating group) is 2. The molecule has 2 heterocycles. The van der Waals surface area contributed by atoms with E-state index in [0.29, 0.717) is 37.0 Å². The van der Waals surface area contributed by atoms with Gasteiger partial charge in [0.2, 0.25) is 17.7 Å². The van der Waals surface area contributed by atoms with Crippen molar-refractivity contribution in [2.45, 2.75) is 26.2 Å². The lowest BCUT2D eigenvalue weighted by Gasteiger charge is -2.26. The van der Waals surface area contributed by atoms with E-state index in [4.69, 9.17) is 4.74 Å². The fraction of sp³-hybridized carbons (Fsp3) is 0.429. The van der Waals surface area contributed by atoms with E-state index in [1.165, 1.54) is 0 Å². The van der Waals surface area contributed by atoms with Crippen LogP contribution in [0.15, 0.2) is 36.7 Å². The van der Waals surface area contributed by atoms with Gasteiger partial charge in [-0.1, -0.05) is 0 Å². The number of carbonyl (C=O) groups excluding carboxylic acids is 2. The molecule has 1 aromatic heterocycles. The van der Waals surface area contributed by atoms with E-state index in [2.05, 4.69) is 9.97 Å². The van der Waals surface area contributed by atoms with Crippen LogP contribution in [0.5, 0.6) is 11.6 Å². The molecule has 0 aliphatic carbocycles. The molecule has 3 rings (SSSR count). The lowest BCUT2D eigenvalue weighted by molar-refractivity contribution is -0.127. The Hall–Kier alpha value is -3.16.